The summed E-state index contributed by atoms with van der Waals surface area (Å²) >= 11 is 3.29. The SMILES string of the molecule is N#Cc1ccc(OCC(=O)Oc2cccc(Br)c2)cc1. The van der Waals surface area contributed by atoms with E-state index in [1.807, 2.05) is 12.1 Å². The molecule has 0 heterocycles. The van der Waals surface area contributed by atoms with Crippen molar-refractivity contribution in [3.8, 4) is 17.6 Å². The quantitative estimate of drug-likeness (QED) is 0.637. The van der Waals surface area contributed by atoms with Gasteiger partial charge in [0.25, 0.3) is 0 Å². The van der Waals surface area contributed by atoms with E-state index in [1.54, 1.807) is 42.5 Å². The summed E-state index contributed by atoms with van der Waals surface area (Å²) in [5.41, 5.74) is 0.536. The van der Waals surface area contributed by atoms with Crippen LogP contribution >= 0.6 is 15.9 Å². The third-order valence-corrected chi connectivity index (χ3v) is 2.86. The third-order valence-electron chi connectivity index (χ3n) is 2.37. The largest absolute Gasteiger partial charge is 0.482 e. The lowest BCUT2D eigenvalue weighted by atomic mass is 10.2. The van der Waals surface area contributed by atoms with Gasteiger partial charge in [0.2, 0.25) is 0 Å². The van der Waals surface area contributed by atoms with Crippen molar-refractivity contribution >= 4 is 21.9 Å². The van der Waals surface area contributed by atoms with E-state index in [1.165, 1.54) is 0 Å². The monoisotopic (exact) mass is 331 g/mol. The maximum Gasteiger partial charge on any atom is 0.349 e. The Balaban J connectivity index is 1.87. The van der Waals surface area contributed by atoms with Gasteiger partial charge < -0.3 is 9.47 Å². The van der Waals surface area contributed by atoms with Gasteiger partial charge in [0.05, 0.1) is 11.6 Å². The van der Waals surface area contributed by atoms with Crippen LogP contribution in [-0.4, -0.2) is 12.6 Å². The normalized spacial score (nSPS) is 9.60. The molecule has 0 amide bonds. The van der Waals surface area contributed by atoms with Gasteiger partial charge in [-0.1, -0.05) is 22.0 Å². The molecule has 2 aromatic carbocycles. The zero-order valence-corrected chi connectivity index (χ0v) is 12.0. The van der Waals surface area contributed by atoms with E-state index in [2.05, 4.69) is 15.9 Å². The topological polar surface area (TPSA) is 59.3 Å². The standard InChI is InChI=1S/C15H10BrNO3/c16-12-2-1-3-14(8-12)20-15(18)10-19-13-6-4-11(9-17)5-7-13/h1-8H,10H2. The van der Waals surface area contributed by atoms with Gasteiger partial charge in [-0.05, 0) is 42.5 Å². The summed E-state index contributed by atoms with van der Waals surface area (Å²) in [7, 11) is 0. The van der Waals surface area contributed by atoms with Crippen molar-refractivity contribution in [1.82, 2.24) is 0 Å². The molecular weight excluding hydrogens is 322 g/mol. The number of rotatable bonds is 4. The van der Waals surface area contributed by atoms with Crippen LogP contribution in [0, 0.1) is 11.3 Å². The highest BCUT2D eigenvalue weighted by atomic mass is 79.9. The van der Waals surface area contributed by atoms with E-state index in [-0.39, 0.29) is 6.61 Å². The first-order chi connectivity index (χ1) is 9.67. The highest BCUT2D eigenvalue weighted by Gasteiger charge is 2.06. The summed E-state index contributed by atoms with van der Waals surface area (Å²) in [5.74, 6) is 0.468. The number of nitrogens with zero attached hydrogens (tertiary/aromatic N) is 1. The molecule has 0 aliphatic rings. The lowest BCUT2D eigenvalue weighted by Gasteiger charge is -2.07. The van der Waals surface area contributed by atoms with E-state index in [4.69, 9.17) is 14.7 Å². The van der Waals surface area contributed by atoms with Crippen molar-refractivity contribution < 1.29 is 14.3 Å². The van der Waals surface area contributed by atoms with Gasteiger partial charge in [0.15, 0.2) is 6.61 Å². The molecule has 100 valence electrons. The summed E-state index contributed by atoms with van der Waals surface area (Å²) in [4.78, 5) is 11.6. The highest BCUT2D eigenvalue weighted by molar-refractivity contribution is 9.10. The van der Waals surface area contributed by atoms with Crippen LogP contribution in [0.4, 0.5) is 0 Å². The van der Waals surface area contributed by atoms with Crippen molar-refractivity contribution in [2.24, 2.45) is 0 Å². The molecule has 0 aliphatic heterocycles. The highest BCUT2D eigenvalue weighted by Crippen LogP contribution is 2.18. The minimum atomic E-state index is -0.493. The second kappa shape index (κ2) is 6.73. The molecule has 4 nitrogen and oxygen atoms in total. The van der Waals surface area contributed by atoms with Crippen molar-refractivity contribution in [2.75, 3.05) is 6.61 Å². The van der Waals surface area contributed by atoms with Gasteiger partial charge in [-0.2, -0.15) is 5.26 Å². The Bertz CT molecular complexity index is 647. The maximum atomic E-state index is 11.6. The van der Waals surface area contributed by atoms with Gasteiger partial charge in [-0.3, -0.25) is 0 Å². The summed E-state index contributed by atoms with van der Waals surface area (Å²) in [5, 5.41) is 8.66. The van der Waals surface area contributed by atoms with Crippen LogP contribution < -0.4 is 9.47 Å². The van der Waals surface area contributed by atoms with Crippen LogP contribution in [0.1, 0.15) is 5.56 Å². The number of hydrogen-bond acceptors (Lipinski definition) is 4. The van der Waals surface area contributed by atoms with Crippen molar-refractivity contribution in [3.63, 3.8) is 0 Å². The Morgan fingerprint density at radius 1 is 1.15 bits per heavy atom. The van der Waals surface area contributed by atoms with Crippen molar-refractivity contribution in [1.29, 1.82) is 5.26 Å². The minimum absolute atomic E-state index is 0.196. The first kappa shape index (κ1) is 14.1. The fourth-order valence-electron chi connectivity index (χ4n) is 1.46. The van der Waals surface area contributed by atoms with Crippen LogP contribution in [0.5, 0.6) is 11.5 Å². The zero-order valence-electron chi connectivity index (χ0n) is 10.4. The van der Waals surface area contributed by atoms with Crippen LogP contribution in [-0.2, 0) is 4.79 Å². The molecule has 2 rings (SSSR count). The molecule has 0 spiro atoms. The molecule has 0 aliphatic carbocycles. The molecule has 0 fully saturated rings. The molecule has 0 aromatic heterocycles. The number of nitriles is 1. The van der Waals surface area contributed by atoms with Crippen LogP contribution in [0.15, 0.2) is 53.0 Å². The first-order valence-electron chi connectivity index (χ1n) is 5.76. The fraction of sp³-hybridized carbons (Fsp3) is 0.0667. The Hall–Kier alpha value is -2.32. The van der Waals surface area contributed by atoms with E-state index >= 15 is 0 Å². The van der Waals surface area contributed by atoms with Gasteiger partial charge in [-0.25, -0.2) is 4.79 Å². The molecule has 0 unspecified atom stereocenters. The van der Waals surface area contributed by atoms with Crippen LogP contribution in [0.3, 0.4) is 0 Å². The molecule has 20 heavy (non-hydrogen) atoms. The molecular formula is C15H10BrNO3. The molecule has 0 saturated heterocycles. The average Bonchev–Trinajstić information content (AvgIpc) is 2.46. The van der Waals surface area contributed by atoms with E-state index < -0.39 is 5.97 Å². The molecule has 0 bridgehead atoms. The first-order valence-corrected chi connectivity index (χ1v) is 6.56. The zero-order chi connectivity index (χ0) is 14.4. The second-order valence-electron chi connectivity index (χ2n) is 3.86. The van der Waals surface area contributed by atoms with E-state index in [0.29, 0.717) is 17.1 Å². The van der Waals surface area contributed by atoms with Crippen molar-refractivity contribution in [2.45, 2.75) is 0 Å². The third kappa shape index (κ3) is 4.11. The Morgan fingerprint density at radius 2 is 1.90 bits per heavy atom. The van der Waals surface area contributed by atoms with Gasteiger partial charge in [0, 0.05) is 4.47 Å². The van der Waals surface area contributed by atoms with Crippen molar-refractivity contribution in [3.05, 3.63) is 58.6 Å². The molecule has 0 atom stereocenters. The molecule has 0 N–H and O–H groups in total. The minimum Gasteiger partial charge on any atom is -0.482 e. The Morgan fingerprint density at radius 3 is 2.55 bits per heavy atom. The van der Waals surface area contributed by atoms with Crippen LogP contribution in [0.25, 0.3) is 0 Å². The lowest BCUT2D eigenvalue weighted by molar-refractivity contribution is -0.136. The molecule has 2 aromatic rings. The van der Waals surface area contributed by atoms with E-state index in [9.17, 15) is 4.79 Å². The second-order valence-corrected chi connectivity index (χ2v) is 4.77. The van der Waals surface area contributed by atoms with Gasteiger partial charge in [-0.15, -0.1) is 0 Å². The maximum absolute atomic E-state index is 11.6. The average molecular weight is 332 g/mol. The smallest absolute Gasteiger partial charge is 0.349 e. The predicted molar refractivity (Wildman–Crippen MR) is 76.4 cm³/mol. The Kier molecular flexibility index (Phi) is 4.75. The van der Waals surface area contributed by atoms with Crippen LogP contribution in [0.2, 0.25) is 0 Å². The summed E-state index contributed by atoms with van der Waals surface area (Å²) < 4.78 is 11.2. The Labute approximate surface area is 124 Å². The number of carbonyl (C=O) groups is 1. The number of benzene rings is 2. The summed E-state index contributed by atoms with van der Waals surface area (Å²) in [6.07, 6.45) is 0. The molecule has 0 radical (unpaired) electrons. The fourth-order valence-corrected chi connectivity index (χ4v) is 1.84. The number of halogens is 1. The van der Waals surface area contributed by atoms with Gasteiger partial charge in [0.1, 0.15) is 11.5 Å². The summed E-state index contributed by atoms with van der Waals surface area (Å²) in [6, 6.07) is 15.5. The van der Waals surface area contributed by atoms with Gasteiger partial charge >= 0.3 is 5.97 Å². The van der Waals surface area contributed by atoms with E-state index in [0.717, 1.165) is 4.47 Å². The number of hydrogen-bond donors (Lipinski definition) is 0. The number of esters is 1. The number of carbonyl (C=O) groups excluding carboxylic acids is 1. The molecule has 5 heteroatoms. The lowest BCUT2D eigenvalue weighted by Crippen LogP contribution is -2.17. The summed E-state index contributed by atoms with van der Waals surface area (Å²) in [6.45, 7) is -0.196. The molecule has 0 saturated carbocycles. The predicted octanol–water partition coefficient (Wildman–Crippen LogP) is 3.31. The number of ether oxygens (including phenoxy) is 2.